The highest BCUT2D eigenvalue weighted by Gasteiger charge is 2.32. The Labute approximate surface area is 177 Å². The summed E-state index contributed by atoms with van der Waals surface area (Å²) in [6, 6.07) is 13.4. The molecule has 5 nitrogen and oxygen atoms in total. The summed E-state index contributed by atoms with van der Waals surface area (Å²) in [5.41, 5.74) is -0.0393. The molecule has 0 radical (unpaired) electrons. The molecule has 0 saturated heterocycles. The normalized spacial score (nSPS) is 10.8. The molecule has 0 atom stereocenters. The van der Waals surface area contributed by atoms with Crippen molar-refractivity contribution in [2.45, 2.75) is 52.7 Å². The Balaban J connectivity index is 0.000000960. The molecule has 2 rings (SSSR count). The van der Waals surface area contributed by atoms with Crippen molar-refractivity contribution in [2.75, 3.05) is 6.61 Å². The second kappa shape index (κ2) is 11.6. The number of carbonyl (C=O) groups is 2. The van der Waals surface area contributed by atoms with Gasteiger partial charge in [0.05, 0.1) is 6.10 Å². The van der Waals surface area contributed by atoms with Crippen LogP contribution in [0.5, 0.6) is 5.75 Å². The summed E-state index contributed by atoms with van der Waals surface area (Å²) < 4.78 is 10.9. The van der Waals surface area contributed by atoms with E-state index in [-0.39, 0.29) is 11.9 Å². The van der Waals surface area contributed by atoms with Gasteiger partial charge in [0.15, 0.2) is 11.4 Å². The summed E-state index contributed by atoms with van der Waals surface area (Å²) in [5.74, 6) is -0.0659. The van der Waals surface area contributed by atoms with Crippen LogP contribution in [-0.2, 0) is 9.53 Å². The lowest BCUT2D eigenvalue weighted by molar-refractivity contribution is -0.163. The van der Waals surface area contributed by atoms with Crippen LogP contribution >= 0.6 is 11.6 Å². The second-order valence-corrected chi connectivity index (χ2v) is 7.59. The van der Waals surface area contributed by atoms with Crippen LogP contribution in [0.1, 0.15) is 57.0 Å². The van der Waals surface area contributed by atoms with Gasteiger partial charge in [-0.05, 0) is 82.6 Å². The summed E-state index contributed by atoms with van der Waals surface area (Å²) in [6.45, 7) is 9.10. The summed E-state index contributed by atoms with van der Waals surface area (Å²) in [6.07, 6.45) is 0.662. The van der Waals surface area contributed by atoms with Gasteiger partial charge in [-0.1, -0.05) is 18.5 Å². The van der Waals surface area contributed by atoms with Crippen molar-refractivity contribution >= 4 is 23.4 Å². The van der Waals surface area contributed by atoms with Crippen molar-refractivity contribution < 1.29 is 24.2 Å². The molecule has 0 amide bonds. The fraction of sp³-hybridized carbons (Fsp3) is 0.391. The SMILES string of the molecule is CC(C)OC(=O)C(C)(C)Oc1ccc(C(=O)c2ccc(Cl)cc2)cc1.CCCO. The van der Waals surface area contributed by atoms with Crippen LogP contribution in [0.15, 0.2) is 48.5 Å². The number of rotatable bonds is 7. The summed E-state index contributed by atoms with van der Waals surface area (Å²) in [5, 5.41) is 8.45. The van der Waals surface area contributed by atoms with Gasteiger partial charge in [0.2, 0.25) is 0 Å². The first kappa shape index (κ1) is 24.7. The van der Waals surface area contributed by atoms with Gasteiger partial charge in [-0.25, -0.2) is 4.79 Å². The summed E-state index contributed by atoms with van der Waals surface area (Å²) in [7, 11) is 0. The molecule has 0 aliphatic carbocycles. The number of hydrogen-bond donors (Lipinski definition) is 1. The number of esters is 1. The molecule has 2 aromatic rings. The number of carbonyl (C=O) groups excluding carboxylic acids is 2. The highest BCUT2D eigenvalue weighted by atomic mass is 35.5. The second-order valence-electron chi connectivity index (χ2n) is 7.15. The minimum absolute atomic E-state index is 0.110. The molecule has 0 aliphatic rings. The van der Waals surface area contributed by atoms with E-state index in [0.717, 1.165) is 6.42 Å². The van der Waals surface area contributed by atoms with Crippen molar-refractivity contribution in [2.24, 2.45) is 0 Å². The maximum atomic E-state index is 12.4. The van der Waals surface area contributed by atoms with Gasteiger partial charge in [0, 0.05) is 22.8 Å². The minimum atomic E-state index is -1.12. The highest BCUT2D eigenvalue weighted by molar-refractivity contribution is 6.30. The maximum absolute atomic E-state index is 12.4. The highest BCUT2D eigenvalue weighted by Crippen LogP contribution is 2.22. The Morgan fingerprint density at radius 3 is 1.86 bits per heavy atom. The van der Waals surface area contributed by atoms with Crippen molar-refractivity contribution in [3.05, 3.63) is 64.7 Å². The Morgan fingerprint density at radius 1 is 1.00 bits per heavy atom. The van der Waals surface area contributed by atoms with Crippen molar-refractivity contribution in [1.82, 2.24) is 0 Å². The van der Waals surface area contributed by atoms with Gasteiger partial charge < -0.3 is 14.6 Å². The topological polar surface area (TPSA) is 72.8 Å². The van der Waals surface area contributed by atoms with E-state index < -0.39 is 11.6 Å². The Morgan fingerprint density at radius 2 is 1.45 bits per heavy atom. The third-order valence-corrected chi connectivity index (χ3v) is 3.91. The molecule has 0 heterocycles. The monoisotopic (exact) mass is 420 g/mol. The molecule has 158 valence electrons. The van der Waals surface area contributed by atoms with E-state index in [4.69, 9.17) is 26.2 Å². The van der Waals surface area contributed by atoms with Gasteiger partial charge in [0.1, 0.15) is 5.75 Å². The van der Waals surface area contributed by atoms with Crippen LogP contribution in [0.4, 0.5) is 0 Å². The zero-order chi connectivity index (χ0) is 22.0. The van der Waals surface area contributed by atoms with Crippen LogP contribution in [0.2, 0.25) is 5.02 Å². The lowest BCUT2D eigenvalue weighted by atomic mass is 10.0. The van der Waals surface area contributed by atoms with E-state index >= 15 is 0 Å². The molecule has 0 spiro atoms. The van der Waals surface area contributed by atoms with Crippen LogP contribution in [-0.4, -0.2) is 35.2 Å². The predicted molar refractivity (Wildman–Crippen MR) is 115 cm³/mol. The third kappa shape index (κ3) is 8.26. The standard InChI is InChI=1S/C20H21ClO4.C3H8O/c1-13(2)24-19(23)20(3,4)25-17-11-7-15(8-12-17)18(22)14-5-9-16(21)10-6-14;1-2-3-4/h5-13H,1-4H3;4H,2-3H2,1H3. The average molecular weight is 421 g/mol. The number of benzene rings is 2. The summed E-state index contributed by atoms with van der Waals surface area (Å²) >= 11 is 5.84. The van der Waals surface area contributed by atoms with Crippen LogP contribution in [0.3, 0.4) is 0 Å². The van der Waals surface area contributed by atoms with E-state index in [1.54, 1.807) is 76.2 Å². The lowest BCUT2D eigenvalue weighted by Crippen LogP contribution is -2.40. The number of ketones is 1. The third-order valence-electron chi connectivity index (χ3n) is 3.65. The first-order valence-corrected chi connectivity index (χ1v) is 9.89. The number of aliphatic hydroxyl groups is 1. The number of ether oxygens (including phenoxy) is 2. The number of hydrogen-bond acceptors (Lipinski definition) is 5. The van der Waals surface area contributed by atoms with Gasteiger partial charge in [0.25, 0.3) is 0 Å². The van der Waals surface area contributed by atoms with Gasteiger partial charge >= 0.3 is 5.97 Å². The Hall–Kier alpha value is -2.37. The fourth-order valence-electron chi connectivity index (χ4n) is 2.13. The van der Waals surface area contributed by atoms with E-state index in [0.29, 0.717) is 28.5 Å². The molecule has 0 unspecified atom stereocenters. The van der Waals surface area contributed by atoms with Crippen LogP contribution < -0.4 is 4.74 Å². The van der Waals surface area contributed by atoms with E-state index in [1.807, 2.05) is 6.92 Å². The predicted octanol–water partition coefficient (Wildman–Crippen LogP) is 5.07. The molecule has 0 bridgehead atoms. The minimum Gasteiger partial charge on any atom is -0.476 e. The van der Waals surface area contributed by atoms with Gasteiger partial charge in [-0.2, -0.15) is 0 Å². The lowest BCUT2D eigenvalue weighted by Gasteiger charge is -2.25. The first-order chi connectivity index (χ1) is 13.6. The summed E-state index contributed by atoms with van der Waals surface area (Å²) in [4.78, 5) is 24.5. The average Bonchev–Trinajstić information content (AvgIpc) is 2.68. The smallest absolute Gasteiger partial charge is 0.350 e. The van der Waals surface area contributed by atoms with Gasteiger partial charge in [-0.3, -0.25) is 4.79 Å². The maximum Gasteiger partial charge on any atom is 0.350 e. The van der Waals surface area contributed by atoms with Crippen molar-refractivity contribution in [3.8, 4) is 5.75 Å². The zero-order valence-electron chi connectivity index (χ0n) is 17.6. The molecule has 0 aliphatic heterocycles. The Kier molecular flexibility index (Phi) is 9.86. The van der Waals surface area contributed by atoms with E-state index in [2.05, 4.69) is 0 Å². The number of aliphatic hydroxyl groups excluding tert-OH is 1. The fourth-order valence-corrected chi connectivity index (χ4v) is 2.26. The van der Waals surface area contributed by atoms with E-state index in [9.17, 15) is 9.59 Å². The van der Waals surface area contributed by atoms with Crippen molar-refractivity contribution in [1.29, 1.82) is 0 Å². The molecule has 6 heteroatoms. The molecule has 0 fully saturated rings. The van der Waals surface area contributed by atoms with Crippen LogP contribution in [0.25, 0.3) is 0 Å². The Bertz CT molecular complexity index is 778. The van der Waals surface area contributed by atoms with Crippen LogP contribution in [0, 0.1) is 0 Å². The van der Waals surface area contributed by atoms with Gasteiger partial charge in [-0.15, -0.1) is 0 Å². The molecule has 1 N–H and O–H groups in total. The zero-order valence-corrected chi connectivity index (χ0v) is 18.3. The van der Waals surface area contributed by atoms with E-state index in [1.165, 1.54) is 0 Å². The van der Waals surface area contributed by atoms with Crippen molar-refractivity contribution in [3.63, 3.8) is 0 Å². The molecular weight excluding hydrogens is 392 g/mol. The molecule has 2 aromatic carbocycles. The molecule has 29 heavy (non-hydrogen) atoms. The molecule has 0 aromatic heterocycles. The largest absolute Gasteiger partial charge is 0.476 e. The molecule has 0 saturated carbocycles. The quantitative estimate of drug-likeness (QED) is 0.500. The number of halogens is 1. The molecular formula is C23H29ClO5. The first-order valence-electron chi connectivity index (χ1n) is 9.52.